The van der Waals surface area contributed by atoms with E-state index in [9.17, 15) is 9.59 Å². The number of nitrogens with one attached hydrogen (secondary N) is 4. The van der Waals surface area contributed by atoms with Gasteiger partial charge in [0.25, 0.3) is 0 Å². The maximum absolute atomic E-state index is 13.2. The summed E-state index contributed by atoms with van der Waals surface area (Å²) in [4.78, 5) is 32.7. The lowest BCUT2D eigenvalue weighted by molar-refractivity contribution is -0.119. The van der Waals surface area contributed by atoms with Crippen molar-refractivity contribution in [2.75, 3.05) is 24.2 Å². The first-order chi connectivity index (χ1) is 30.3. The Morgan fingerprint density at radius 2 is 1.02 bits per heavy atom. The Hall–Kier alpha value is -7.00. The molecule has 322 valence electrons. The van der Waals surface area contributed by atoms with E-state index in [1.165, 1.54) is 0 Å². The van der Waals surface area contributed by atoms with Crippen molar-refractivity contribution in [3.8, 4) is 34.1 Å². The van der Waals surface area contributed by atoms with Gasteiger partial charge in [-0.15, -0.1) is 0 Å². The highest BCUT2D eigenvalue weighted by atomic mass is 79.9. The maximum atomic E-state index is 13.2. The van der Waals surface area contributed by atoms with Gasteiger partial charge in [-0.1, -0.05) is 78.3 Å². The molecule has 0 bridgehead atoms. The fraction of sp³-hybridized carbons (Fsp3) is 0.160. The second-order valence-electron chi connectivity index (χ2n) is 15.8. The number of aromatic nitrogens is 2. The number of fused-ring (bicyclic) bond motifs is 4. The van der Waals surface area contributed by atoms with Crippen LogP contribution in [0.25, 0.3) is 32.9 Å². The zero-order valence-corrected chi connectivity index (χ0v) is 36.1. The number of rotatable bonds is 7. The molecule has 6 aromatic carbocycles. The van der Waals surface area contributed by atoms with Crippen LogP contribution in [0.3, 0.4) is 0 Å². The molecule has 0 saturated heterocycles. The van der Waals surface area contributed by atoms with Gasteiger partial charge in [-0.3, -0.25) is 9.59 Å². The molecule has 2 amide bonds. The molecule has 2 radical (unpaired) electrons. The van der Waals surface area contributed by atoms with Crippen molar-refractivity contribution in [1.29, 1.82) is 0 Å². The number of ether oxygens (including phenoxy) is 4. The molecule has 0 atom stereocenters. The van der Waals surface area contributed by atoms with Crippen molar-refractivity contribution in [3.05, 3.63) is 161 Å². The molecule has 0 unspecified atom stereocenters. The van der Waals surface area contributed by atoms with Crippen LogP contribution in [-0.2, 0) is 20.4 Å². The van der Waals surface area contributed by atoms with E-state index >= 15 is 0 Å². The van der Waals surface area contributed by atoms with Crippen LogP contribution in [0.2, 0.25) is 0 Å². The fourth-order valence-electron chi connectivity index (χ4n) is 8.11. The Balaban J connectivity index is 0.000000150. The van der Waals surface area contributed by atoms with E-state index in [1.807, 2.05) is 134 Å². The van der Waals surface area contributed by atoms with E-state index < -0.39 is 10.8 Å². The number of carbonyl (C=O) groups is 2. The van der Waals surface area contributed by atoms with Gasteiger partial charge in [0.05, 0.1) is 10.8 Å². The first-order valence-electron chi connectivity index (χ1n) is 20.4. The van der Waals surface area contributed by atoms with Crippen molar-refractivity contribution in [2.24, 2.45) is 0 Å². The summed E-state index contributed by atoms with van der Waals surface area (Å²) in [5, 5.41) is 8.36. The molecular formula is C50H44BBrN4O8. The highest BCUT2D eigenvalue weighted by Crippen LogP contribution is 2.52. The molecule has 2 saturated carbocycles. The van der Waals surface area contributed by atoms with Crippen LogP contribution in [0.1, 0.15) is 36.8 Å². The summed E-state index contributed by atoms with van der Waals surface area (Å²) in [5.74, 6) is 2.96. The lowest BCUT2D eigenvalue weighted by Crippen LogP contribution is -2.27. The second-order valence-corrected chi connectivity index (χ2v) is 16.7. The number of amides is 2. The van der Waals surface area contributed by atoms with Crippen LogP contribution in [0.5, 0.6) is 23.0 Å². The van der Waals surface area contributed by atoms with Crippen LogP contribution in [0.4, 0.5) is 11.4 Å². The predicted octanol–water partition coefficient (Wildman–Crippen LogP) is 8.39. The van der Waals surface area contributed by atoms with Gasteiger partial charge in [-0.2, -0.15) is 0 Å². The van der Waals surface area contributed by atoms with Gasteiger partial charge in [0, 0.05) is 55.6 Å². The lowest BCUT2D eigenvalue weighted by Gasteiger charge is -2.16. The number of carbonyl (C=O) groups excluding carboxylic acids is 2. The number of benzene rings is 6. The van der Waals surface area contributed by atoms with E-state index in [-0.39, 0.29) is 36.4 Å². The highest BCUT2D eigenvalue weighted by Gasteiger charge is 2.52. The standard InChI is InChI=1S/C25H20N2O3.C19H15BrN2O3.C6H5B.2H2O/c28-24(25(10-11-25)17-6-9-22-23(12-17)30-15-29-22)27-18-7-8-21-19(13-18)20(14-26-21)16-4-2-1-3-5-16;20-14-9-21-15-3-2-12(8-13(14)15)22-18(23)19(5-6-19)11-1-4-16-17(7-11)25-10-24-16;7-6-4-2-1-3-5-6;;/h1-9,12-14,26H,10-11,15H2,(H,27,28);1-4,7-9,21H,5-6,10H2,(H,22,23);1-5H;2*1H2. The van der Waals surface area contributed by atoms with Crippen molar-refractivity contribution in [1.82, 2.24) is 9.97 Å². The molecule has 64 heavy (non-hydrogen) atoms. The van der Waals surface area contributed by atoms with E-state index in [0.29, 0.717) is 11.5 Å². The fourth-order valence-corrected chi connectivity index (χ4v) is 8.55. The van der Waals surface area contributed by atoms with Crippen molar-refractivity contribution in [2.45, 2.75) is 36.5 Å². The number of halogens is 1. The Labute approximate surface area is 378 Å². The van der Waals surface area contributed by atoms with E-state index in [1.54, 1.807) is 0 Å². The molecule has 12 rings (SSSR count). The Morgan fingerprint density at radius 3 is 1.52 bits per heavy atom. The molecule has 2 aliphatic carbocycles. The van der Waals surface area contributed by atoms with Gasteiger partial charge in [-0.25, -0.2) is 0 Å². The van der Waals surface area contributed by atoms with E-state index in [2.05, 4.69) is 48.7 Å². The van der Waals surface area contributed by atoms with Crippen LogP contribution in [0.15, 0.2) is 150 Å². The van der Waals surface area contributed by atoms with Crippen LogP contribution < -0.4 is 35.0 Å². The summed E-state index contributed by atoms with van der Waals surface area (Å²) in [7, 11) is 5.36. The van der Waals surface area contributed by atoms with Crippen LogP contribution in [0, 0.1) is 0 Å². The number of H-pyrrole nitrogens is 2. The minimum Gasteiger partial charge on any atom is -0.454 e. The van der Waals surface area contributed by atoms with Gasteiger partial charge in [0.2, 0.25) is 25.4 Å². The second kappa shape index (κ2) is 18.0. The molecule has 4 aliphatic rings. The van der Waals surface area contributed by atoms with Gasteiger partial charge in [0.15, 0.2) is 23.0 Å². The molecule has 8 N–H and O–H groups in total. The minimum absolute atomic E-state index is 0. The first kappa shape index (κ1) is 43.6. The monoisotopic (exact) mass is 918 g/mol. The smallest absolute Gasteiger partial charge is 0.235 e. The normalized spacial score (nSPS) is 15.0. The third-order valence-electron chi connectivity index (χ3n) is 11.9. The van der Waals surface area contributed by atoms with Crippen molar-refractivity contribution >= 4 is 74.2 Å². The number of aromatic amines is 2. The summed E-state index contributed by atoms with van der Waals surface area (Å²) < 4.78 is 22.7. The molecule has 0 spiro atoms. The molecule has 2 aliphatic heterocycles. The zero-order chi connectivity index (χ0) is 42.3. The predicted molar refractivity (Wildman–Crippen MR) is 253 cm³/mol. The number of hydrogen-bond donors (Lipinski definition) is 4. The number of anilines is 2. The van der Waals surface area contributed by atoms with Gasteiger partial charge in [-0.05, 0) is 119 Å². The third-order valence-corrected chi connectivity index (χ3v) is 12.6. The van der Waals surface area contributed by atoms with Gasteiger partial charge in [0.1, 0.15) is 7.85 Å². The molecular weight excluding hydrogens is 875 g/mol. The van der Waals surface area contributed by atoms with E-state index in [4.69, 9.17) is 26.8 Å². The quantitative estimate of drug-likeness (QED) is 0.116. The zero-order valence-electron chi connectivity index (χ0n) is 34.5. The molecule has 12 nitrogen and oxygen atoms in total. The summed E-state index contributed by atoms with van der Waals surface area (Å²) in [6, 6.07) is 43.2. The minimum atomic E-state index is -0.490. The summed E-state index contributed by atoms with van der Waals surface area (Å²) in [5.41, 5.74) is 7.77. The molecule has 2 aromatic heterocycles. The maximum Gasteiger partial charge on any atom is 0.235 e. The average molecular weight is 920 g/mol. The summed E-state index contributed by atoms with van der Waals surface area (Å²) >= 11 is 3.51. The van der Waals surface area contributed by atoms with Gasteiger partial charge >= 0.3 is 0 Å². The Morgan fingerprint density at radius 1 is 0.547 bits per heavy atom. The molecule has 2 fully saturated rings. The topological polar surface area (TPSA) is 190 Å². The Kier molecular flexibility index (Phi) is 12.3. The lowest BCUT2D eigenvalue weighted by atomic mass is 9.94. The highest BCUT2D eigenvalue weighted by molar-refractivity contribution is 9.10. The molecule has 14 heteroatoms. The van der Waals surface area contributed by atoms with E-state index in [0.717, 1.165) is 103 Å². The molecule has 4 heterocycles. The van der Waals surface area contributed by atoms with Crippen LogP contribution in [-0.4, -0.2) is 54.2 Å². The summed E-state index contributed by atoms with van der Waals surface area (Å²) in [6.07, 6.45) is 7.26. The van der Waals surface area contributed by atoms with Crippen molar-refractivity contribution in [3.63, 3.8) is 0 Å². The number of hydrogen-bond acceptors (Lipinski definition) is 6. The van der Waals surface area contributed by atoms with Crippen molar-refractivity contribution < 1.29 is 39.5 Å². The SMILES string of the molecule is O.O.O=C(Nc1ccc2[nH]cc(-c3ccccc3)c2c1)C1(c2ccc3c(c2)OCO3)CC1.O=C(Nc1ccc2[nH]cc(Br)c2c1)C1(c2ccc3c(c2)OCO3)CC1.[B]c1ccccc1. The van der Waals surface area contributed by atoms with Gasteiger partial charge < -0.3 is 50.5 Å². The van der Waals surface area contributed by atoms with Crippen LogP contribution >= 0.6 is 15.9 Å². The largest absolute Gasteiger partial charge is 0.454 e. The summed E-state index contributed by atoms with van der Waals surface area (Å²) in [6.45, 7) is 0.474. The Bertz CT molecular complexity index is 2970. The molecule has 8 aromatic rings. The first-order valence-corrected chi connectivity index (χ1v) is 21.2. The average Bonchev–Trinajstić information content (AvgIpc) is 4.05. The third kappa shape index (κ3) is 8.55.